The van der Waals surface area contributed by atoms with Gasteiger partial charge in [0.05, 0.1) is 11.8 Å². The Balaban J connectivity index is 1.24. The number of nitrogen functional groups attached to an aromatic ring is 1. The van der Waals surface area contributed by atoms with Gasteiger partial charge in [-0.25, -0.2) is 0 Å². The number of likely N-dealkylation sites (tertiary alicyclic amines) is 1. The van der Waals surface area contributed by atoms with E-state index in [9.17, 15) is 0 Å². The van der Waals surface area contributed by atoms with Crippen molar-refractivity contribution < 1.29 is 9.47 Å². The second-order valence-electron chi connectivity index (χ2n) is 8.16. The highest BCUT2D eigenvalue weighted by Gasteiger charge is 2.24. The Hall–Kier alpha value is -3.08. The van der Waals surface area contributed by atoms with Gasteiger partial charge in [0.15, 0.2) is 0 Å². The van der Waals surface area contributed by atoms with Crippen molar-refractivity contribution in [2.24, 2.45) is 0 Å². The highest BCUT2D eigenvalue weighted by Crippen LogP contribution is 2.30. The molecular weight excluding hydrogens is 396 g/mol. The van der Waals surface area contributed by atoms with Crippen molar-refractivity contribution in [2.75, 3.05) is 32.0 Å². The normalized spacial score (nSPS) is 15.4. The molecule has 32 heavy (non-hydrogen) atoms. The Morgan fingerprint density at radius 1 is 0.812 bits per heavy atom. The van der Waals surface area contributed by atoms with Crippen LogP contribution in [0.2, 0.25) is 0 Å². The summed E-state index contributed by atoms with van der Waals surface area (Å²) >= 11 is 0. The predicted molar refractivity (Wildman–Crippen MR) is 131 cm³/mol. The molecule has 0 saturated carbocycles. The van der Waals surface area contributed by atoms with E-state index in [2.05, 4.69) is 77.7 Å². The van der Waals surface area contributed by atoms with E-state index in [1.165, 1.54) is 11.1 Å². The van der Waals surface area contributed by atoms with Gasteiger partial charge in [-0.2, -0.15) is 0 Å². The summed E-state index contributed by atoms with van der Waals surface area (Å²) in [6.07, 6.45) is 6.58. The molecule has 4 nitrogen and oxygen atoms in total. The van der Waals surface area contributed by atoms with Gasteiger partial charge >= 0.3 is 0 Å². The number of hydrogen-bond acceptors (Lipinski definition) is 4. The lowest BCUT2D eigenvalue weighted by Gasteiger charge is -2.33. The molecule has 0 amide bonds. The lowest BCUT2D eigenvalue weighted by molar-refractivity contribution is -0.0254. The third kappa shape index (κ3) is 6.22. The molecule has 1 saturated heterocycles. The minimum absolute atomic E-state index is 0.0172. The maximum atomic E-state index is 6.64. The Labute approximate surface area is 191 Å². The third-order valence-electron chi connectivity index (χ3n) is 5.85. The van der Waals surface area contributed by atoms with Gasteiger partial charge in [0, 0.05) is 19.6 Å². The number of ether oxygens (including phenoxy) is 2. The summed E-state index contributed by atoms with van der Waals surface area (Å²) in [6.45, 7) is 3.54. The largest absolute Gasteiger partial charge is 0.487 e. The van der Waals surface area contributed by atoms with Crippen molar-refractivity contribution in [3.63, 3.8) is 0 Å². The van der Waals surface area contributed by atoms with Gasteiger partial charge < -0.3 is 15.2 Å². The fourth-order valence-corrected chi connectivity index (χ4v) is 4.07. The van der Waals surface area contributed by atoms with Gasteiger partial charge in [-0.1, -0.05) is 84.9 Å². The molecule has 1 fully saturated rings. The molecule has 1 heterocycles. The van der Waals surface area contributed by atoms with Crippen LogP contribution in [-0.2, 0) is 4.74 Å². The molecule has 0 aliphatic carbocycles. The van der Waals surface area contributed by atoms with E-state index in [-0.39, 0.29) is 12.2 Å². The minimum atomic E-state index is -0.0172. The zero-order valence-electron chi connectivity index (χ0n) is 18.5. The van der Waals surface area contributed by atoms with Gasteiger partial charge in [-0.3, -0.25) is 4.90 Å². The lowest BCUT2D eigenvalue weighted by Crippen LogP contribution is -2.37. The summed E-state index contributed by atoms with van der Waals surface area (Å²) < 4.78 is 12.4. The summed E-state index contributed by atoms with van der Waals surface area (Å²) in [5.41, 5.74) is 9.00. The topological polar surface area (TPSA) is 47.7 Å². The lowest BCUT2D eigenvalue weighted by atomic mass is 10.00. The van der Waals surface area contributed by atoms with Crippen molar-refractivity contribution in [1.82, 2.24) is 4.90 Å². The van der Waals surface area contributed by atoms with E-state index >= 15 is 0 Å². The highest BCUT2D eigenvalue weighted by atomic mass is 16.5. The summed E-state index contributed by atoms with van der Waals surface area (Å²) in [6, 6.07) is 28.6. The fourth-order valence-electron chi connectivity index (χ4n) is 4.07. The van der Waals surface area contributed by atoms with Crippen molar-refractivity contribution in [3.05, 3.63) is 108 Å². The molecule has 3 aromatic rings. The molecule has 1 aliphatic heterocycles. The van der Waals surface area contributed by atoms with Crippen LogP contribution in [0.5, 0.6) is 5.75 Å². The Kier molecular flexibility index (Phi) is 7.96. The van der Waals surface area contributed by atoms with Crippen LogP contribution in [-0.4, -0.2) is 37.2 Å². The van der Waals surface area contributed by atoms with Crippen LogP contribution < -0.4 is 10.5 Å². The first-order valence-electron chi connectivity index (χ1n) is 11.4. The second-order valence-corrected chi connectivity index (χ2v) is 8.16. The molecule has 0 bridgehead atoms. The SMILES string of the molecule is Nc1ccccc1OCC=CCN1CCC(OC(c2ccccc2)c2ccccc2)CC1. The zero-order chi connectivity index (χ0) is 22.0. The van der Waals surface area contributed by atoms with E-state index in [0.717, 1.165) is 38.2 Å². The number of benzene rings is 3. The van der Waals surface area contributed by atoms with Crippen LogP contribution >= 0.6 is 0 Å². The first-order chi connectivity index (χ1) is 15.8. The maximum Gasteiger partial charge on any atom is 0.142 e. The summed E-state index contributed by atoms with van der Waals surface area (Å²) in [4.78, 5) is 2.47. The molecule has 3 aromatic carbocycles. The summed E-state index contributed by atoms with van der Waals surface area (Å²) in [5.74, 6) is 0.737. The molecular formula is C28H32N2O2. The zero-order valence-corrected chi connectivity index (χ0v) is 18.5. The van der Waals surface area contributed by atoms with E-state index in [4.69, 9.17) is 15.2 Å². The molecule has 0 atom stereocenters. The molecule has 0 radical (unpaired) electrons. The number of anilines is 1. The van der Waals surface area contributed by atoms with E-state index in [1.807, 2.05) is 24.3 Å². The molecule has 1 aliphatic rings. The number of hydrogen-bond donors (Lipinski definition) is 1. The maximum absolute atomic E-state index is 6.64. The van der Waals surface area contributed by atoms with Gasteiger partial charge in [-0.15, -0.1) is 0 Å². The smallest absolute Gasteiger partial charge is 0.142 e. The van der Waals surface area contributed by atoms with Crippen molar-refractivity contribution in [2.45, 2.75) is 25.0 Å². The Bertz CT molecular complexity index is 927. The van der Waals surface area contributed by atoms with Gasteiger partial charge in [0.1, 0.15) is 18.5 Å². The van der Waals surface area contributed by atoms with Crippen molar-refractivity contribution in [1.29, 1.82) is 0 Å². The van der Waals surface area contributed by atoms with Crippen LogP contribution in [0.25, 0.3) is 0 Å². The van der Waals surface area contributed by atoms with Crippen LogP contribution in [0.1, 0.15) is 30.1 Å². The van der Waals surface area contributed by atoms with Crippen LogP contribution in [0, 0.1) is 0 Å². The standard InChI is InChI=1S/C28H32N2O2/c29-26-15-7-8-16-27(26)31-22-10-9-19-30-20-17-25(18-21-30)32-28(23-11-3-1-4-12-23)24-13-5-2-6-14-24/h1-16,25,28H,17-22,29H2. The molecule has 4 heteroatoms. The van der Waals surface area contributed by atoms with Crippen molar-refractivity contribution in [3.8, 4) is 5.75 Å². The molecule has 0 aromatic heterocycles. The highest BCUT2D eigenvalue weighted by molar-refractivity contribution is 5.51. The molecule has 0 spiro atoms. The predicted octanol–water partition coefficient (Wildman–Crippen LogP) is 5.47. The first-order valence-corrected chi connectivity index (χ1v) is 11.4. The van der Waals surface area contributed by atoms with E-state index in [0.29, 0.717) is 12.3 Å². The molecule has 166 valence electrons. The van der Waals surface area contributed by atoms with E-state index in [1.54, 1.807) is 0 Å². The average molecular weight is 429 g/mol. The number of piperidine rings is 1. The summed E-state index contributed by atoms with van der Waals surface area (Å²) in [5, 5.41) is 0. The van der Waals surface area contributed by atoms with Crippen LogP contribution in [0.4, 0.5) is 5.69 Å². The number of para-hydroxylation sites is 2. The second kappa shape index (κ2) is 11.5. The Morgan fingerprint density at radius 3 is 2.03 bits per heavy atom. The van der Waals surface area contributed by atoms with Crippen molar-refractivity contribution >= 4 is 5.69 Å². The molecule has 0 unspecified atom stereocenters. The molecule has 2 N–H and O–H groups in total. The van der Waals surface area contributed by atoms with Gasteiger partial charge in [0.25, 0.3) is 0 Å². The van der Waals surface area contributed by atoms with Crippen LogP contribution in [0.3, 0.4) is 0 Å². The third-order valence-corrected chi connectivity index (χ3v) is 5.85. The summed E-state index contributed by atoms with van der Waals surface area (Å²) in [7, 11) is 0. The first kappa shape index (κ1) is 22.1. The average Bonchev–Trinajstić information content (AvgIpc) is 2.85. The number of nitrogens with two attached hydrogens (primary N) is 1. The fraction of sp³-hybridized carbons (Fsp3) is 0.286. The van der Waals surface area contributed by atoms with E-state index < -0.39 is 0 Å². The minimum Gasteiger partial charge on any atom is -0.487 e. The monoisotopic (exact) mass is 428 g/mol. The van der Waals surface area contributed by atoms with Gasteiger partial charge in [-0.05, 0) is 36.1 Å². The van der Waals surface area contributed by atoms with Crippen LogP contribution in [0.15, 0.2) is 97.1 Å². The number of rotatable bonds is 9. The van der Waals surface area contributed by atoms with Gasteiger partial charge in [0.2, 0.25) is 0 Å². The molecule has 4 rings (SSSR count). The Morgan fingerprint density at radius 2 is 1.41 bits per heavy atom. The quantitative estimate of drug-likeness (QED) is 0.362. The number of nitrogens with zero attached hydrogens (tertiary/aromatic N) is 1.